The Morgan fingerprint density at radius 2 is 2.10 bits per heavy atom. The minimum absolute atomic E-state index is 0.198. The average Bonchev–Trinajstić information content (AvgIpc) is 3.13. The van der Waals surface area contributed by atoms with Gasteiger partial charge in [0, 0.05) is 16.8 Å². The Bertz CT molecular complexity index is 751. The van der Waals surface area contributed by atoms with E-state index in [0.717, 1.165) is 15.8 Å². The molecule has 2 heterocycles. The molecule has 0 spiro atoms. The molecule has 110 valence electrons. The van der Waals surface area contributed by atoms with Crippen LogP contribution in [0, 0.1) is 0 Å². The fourth-order valence-electron chi connectivity index (χ4n) is 1.82. The van der Waals surface area contributed by atoms with Crippen LogP contribution < -0.4 is 14.2 Å². The fourth-order valence-corrected chi connectivity index (χ4v) is 3.34. The van der Waals surface area contributed by atoms with Crippen LogP contribution in [-0.4, -0.2) is 15.2 Å². The number of fused-ring (bicyclic) bond motifs is 1. The van der Waals surface area contributed by atoms with E-state index in [-0.39, 0.29) is 6.79 Å². The van der Waals surface area contributed by atoms with Crippen molar-refractivity contribution in [1.82, 2.24) is 4.72 Å². The molecule has 21 heavy (non-hydrogen) atoms. The summed E-state index contributed by atoms with van der Waals surface area (Å²) in [5.41, 5.74) is 0.737. The molecule has 0 fully saturated rings. The molecule has 1 aliphatic rings. The molecule has 5 nitrogen and oxygen atoms in total. The topological polar surface area (TPSA) is 64.6 Å². The van der Waals surface area contributed by atoms with Crippen molar-refractivity contribution in [2.75, 3.05) is 6.79 Å². The molecule has 0 aliphatic carbocycles. The van der Waals surface area contributed by atoms with Gasteiger partial charge in [-0.3, -0.25) is 0 Å². The van der Waals surface area contributed by atoms with Crippen molar-refractivity contribution in [2.24, 2.45) is 0 Å². The first-order chi connectivity index (χ1) is 10.1. The number of benzene rings is 1. The molecular weight excluding hydrogens is 310 g/mol. The number of ether oxygens (including phenoxy) is 2. The van der Waals surface area contributed by atoms with E-state index in [4.69, 9.17) is 9.47 Å². The molecule has 0 amide bonds. The predicted octanol–water partition coefficient (Wildman–Crippen LogP) is 2.57. The lowest BCUT2D eigenvalue weighted by Gasteiger charge is -2.01. The number of sulfonamides is 1. The second-order valence-corrected chi connectivity index (χ2v) is 7.04. The molecule has 0 bridgehead atoms. The van der Waals surface area contributed by atoms with E-state index in [1.807, 2.05) is 17.5 Å². The standard InChI is InChI=1S/C14H13NO4S2/c16-21(17,15-9-12-2-1-6-20-12)7-5-11-3-4-13-14(8-11)19-10-18-13/h1-8,15H,9-10H2/b7-5+. The van der Waals surface area contributed by atoms with Gasteiger partial charge in [0.2, 0.25) is 16.8 Å². The predicted molar refractivity (Wildman–Crippen MR) is 81.7 cm³/mol. The Labute approximate surface area is 126 Å². The highest BCUT2D eigenvalue weighted by atomic mass is 32.2. The van der Waals surface area contributed by atoms with Gasteiger partial charge in [-0.25, -0.2) is 13.1 Å². The summed E-state index contributed by atoms with van der Waals surface area (Å²) in [5.74, 6) is 1.30. The molecule has 2 aromatic rings. The molecular formula is C14H13NO4S2. The molecule has 0 unspecified atom stereocenters. The number of thiophene rings is 1. The first-order valence-electron chi connectivity index (χ1n) is 6.22. The minimum atomic E-state index is -3.47. The fraction of sp³-hybridized carbons (Fsp3) is 0.143. The van der Waals surface area contributed by atoms with Gasteiger partial charge in [0.1, 0.15) is 0 Å². The lowest BCUT2D eigenvalue weighted by atomic mass is 10.2. The number of hydrogen-bond donors (Lipinski definition) is 1. The van der Waals surface area contributed by atoms with Gasteiger partial charge in [-0.05, 0) is 35.2 Å². The van der Waals surface area contributed by atoms with Crippen LogP contribution in [0.25, 0.3) is 6.08 Å². The quantitative estimate of drug-likeness (QED) is 0.918. The van der Waals surface area contributed by atoms with E-state index >= 15 is 0 Å². The van der Waals surface area contributed by atoms with Crippen LogP contribution in [0.1, 0.15) is 10.4 Å². The van der Waals surface area contributed by atoms with Gasteiger partial charge in [-0.2, -0.15) is 0 Å². The average molecular weight is 323 g/mol. The van der Waals surface area contributed by atoms with E-state index in [0.29, 0.717) is 18.0 Å². The molecule has 0 saturated heterocycles. The number of nitrogens with one attached hydrogen (secondary N) is 1. The van der Waals surface area contributed by atoms with E-state index < -0.39 is 10.0 Å². The summed E-state index contributed by atoms with van der Waals surface area (Å²) in [6.45, 7) is 0.495. The van der Waals surface area contributed by atoms with Crippen LogP contribution in [0.3, 0.4) is 0 Å². The Balaban J connectivity index is 1.67. The third-order valence-electron chi connectivity index (χ3n) is 2.86. The summed E-state index contributed by atoms with van der Waals surface area (Å²) in [6, 6.07) is 9.05. The Kier molecular flexibility index (Phi) is 3.96. The molecule has 0 atom stereocenters. The van der Waals surface area contributed by atoms with Crippen molar-refractivity contribution in [1.29, 1.82) is 0 Å². The maximum absolute atomic E-state index is 11.9. The zero-order valence-electron chi connectivity index (χ0n) is 11.0. The molecule has 0 radical (unpaired) electrons. The SMILES string of the molecule is O=S(=O)(/C=C/c1ccc2c(c1)OCO2)NCc1cccs1. The van der Waals surface area contributed by atoms with Crippen molar-refractivity contribution < 1.29 is 17.9 Å². The summed E-state index contributed by atoms with van der Waals surface area (Å²) in [4.78, 5) is 0.968. The third kappa shape index (κ3) is 3.63. The molecule has 0 saturated carbocycles. The maximum atomic E-state index is 11.9. The lowest BCUT2D eigenvalue weighted by Crippen LogP contribution is -2.19. The van der Waals surface area contributed by atoms with Gasteiger partial charge in [0.15, 0.2) is 11.5 Å². The largest absolute Gasteiger partial charge is 0.454 e. The molecule has 1 aliphatic heterocycles. The Morgan fingerprint density at radius 1 is 1.24 bits per heavy atom. The highest BCUT2D eigenvalue weighted by Gasteiger charge is 2.12. The summed E-state index contributed by atoms with van der Waals surface area (Å²) in [6.07, 6.45) is 1.53. The van der Waals surface area contributed by atoms with Crippen LogP contribution in [0.4, 0.5) is 0 Å². The van der Waals surface area contributed by atoms with Crippen molar-refractivity contribution in [3.05, 3.63) is 51.6 Å². The highest BCUT2D eigenvalue weighted by molar-refractivity contribution is 7.92. The van der Waals surface area contributed by atoms with Crippen molar-refractivity contribution in [3.63, 3.8) is 0 Å². The van der Waals surface area contributed by atoms with Gasteiger partial charge in [-0.15, -0.1) is 11.3 Å². The van der Waals surface area contributed by atoms with E-state index in [1.54, 1.807) is 18.2 Å². The third-order valence-corrected chi connectivity index (χ3v) is 4.78. The number of hydrogen-bond acceptors (Lipinski definition) is 5. The molecule has 1 aromatic heterocycles. The normalized spacial score (nSPS) is 13.9. The summed E-state index contributed by atoms with van der Waals surface area (Å²) < 4.78 is 36.7. The first kappa shape index (κ1) is 14.1. The second-order valence-electron chi connectivity index (χ2n) is 4.36. The van der Waals surface area contributed by atoms with Gasteiger partial charge in [-0.1, -0.05) is 12.1 Å². The number of rotatable bonds is 5. The van der Waals surface area contributed by atoms with Crippen molar-refractivity contribution >= 4 is 27.4 Å². The minimum Gasteiger partial charge on any atom is -0.454 e. The van der Waals surface area contributed by atoms with E-state index in [2.05, 4.69) is 4.72 Å². The summed E-state index contributed by atoms with van der Waals surface area (Å²) in [5, 5.41) is 3.06. The van der Waals surface area contributed by atoms with E-state index in [9.17, 15) is 8.42 Å². The second kappa shape index (κ2) is 5.88. The van der Waals surface area contributed by atoms with Crippen LogP contribution in [0.5, 0.6) is 11.5 Å². The van der Waals surface area contributed by atoms with Crippen LogP contribution in [-0.2, 0) is 16.6 Å². The van der Waals surface area contributed by atoms with Crippen molar-refractivity contribution in [3.8, 4) is 11.5 Å². The molecule has 7 heteroatoms. The Morgan fingerprint density at radius 3 is 2.90 bits per heavy atom. The smallest absolute Gasteiger partial charge is 0.234 e. The van der Waals surface area contributed by atoms with Gasteiger partial charge in [0.05, 0.1) is 0 Å². The maximum Gasteiger partial charge on any atom is 0.234 e. The van der Waals surface area contributed by atoms with Crippen LogP contribution >= 0.6 is 11.3 Å². The summed E-state index contributed by atoms with van der Waals surface area (Å²) in [7, 11) is -3.47. The zero-order valence-corrected chi connectivity index (χ0v) is 12.6. The highest BCUT2D eigenvalue weighted by Crippen LogP contribution is 2.32. The van der Waals surface area contributed by atoms with Crippen LogP contribution in [0.15, 0.2) is 41.1 Å². The molecule has 3 rings (SSSR count). The zero-order chi connectivity index (χ0) is 14.7. The molecule has 1 N–H and O–H groups in total. The first-order valence-corrected chi connectivity index (χ1v) is 8.65. The van der Waals surface area contributed by atoms with E-state index in [1.165, 1.54) is 17.4 Å². The van der Waals surface area contributed by atoms with Crippen molar-refractivity contribution in [2.45, 2.75) is 6.54 Å². The monoisotopic (exact) mass is 323 g/mol. The summed E-state index contributed by atoms with van der Waals surface area (Å²) >= 11 is 1.51. The van der Waals surface area contributed by atoms with Gasteiger partial charge in [0.25, 0.3) is 0 Å². The van der Waals surface area contributed by atoms with Gasteiger partial charge < -0.3 is 9.47 Å². The van der Waals surface area contributed by atoms with Crippen LogP contribution in [0.2, 0.25) is 0 Å². The lowest BCUT2D eigenvalue weighted by molar-refractivity contribution is 0.174. The molecule has 1 aromatic carbocycles. The van der Waals surface area contributed by atoms with Gasteiger partial charge >= 0.3 is 0 Å². The Hall–Kier alpha value is -1.83.